The lowest BCUT2D eigenvalue weighted by atomic mass is 10.2. The molecule has 1 aliphatic rings. The summed E-state index contributed by atoms with van der Waals surface area (Å²) in [7, 11) is 0. The highest BCUT2D eigenvalue weighted by molar-refractivity contribution is 5.92. The van der Waals surface area contributed by atoms with Crippen molar-refractivity contribution in [3.05, 3.63) is 18.5 Å². The zero-order valence-electron chi connectivity index (χ0n) is 7.64. The van der Waals surface area contributed by atoms with E-state index in [2.05, 4.69) is 15.3 Å². The van der Waals surface area contributed by atoms with E-state index in [9.17, 15) is 4.79 Å². The van der Waals surface area contributed by atoms with Gasteiger partial charge in [-0.15, -0.1) is 0 Å². The molecule has 0 unspecified atom stereocenters. The number of ether oxygens (including phenoxy) is 1. The van der Waals surface area contributed by atoms with E-state index in [4.69, 9.17) is 4.74 Å². The van der Waals surface area contributed by atoms with Gasteiger partial charge in [-0.3, -0.25) is 10.1 Å². The standard InChI is InChI=1S/C9H11N3O2/c13-8(7-3-1-6-14-7)12-9-10-4-2-5-11-9/h2,4-5,7H,1,3,6H2,(H,10,11,12,13)/t7-/m0/s1. The molecule has 1 fully saturated rings. The van der Waals surface area contributed by atoms with E-state index in [1.54, 1.807) is 18.5 Å². The summed E-state index contributed by atoms with van der Waals surface area (Å²) in [6.07, 6.45) is 4.54. The maximum atomic E-state index is 11.5. The smallest absolute Gasteiger partial charge is 0.255 e. The Kier molecular flexibility index (Phi) is 2.69. The summed E-state index contributed by atoms with van der Waals surface area (Å²) >= 11 is 0. The van der Waals surface area contributed by atoms with Gasteiger partial charge in [0, 0.05) is 19.0 Å². The van der Waals surface area contributed by atoms with Gasteiger partial charge < -0.3 is 4.74 Å². The van der Waals surface area contributed by atoms with E-state index in [1.807, 2.05) is 0 Å². The first-order chi connectivity index (χ1) is 6.86. The molecule has 0 aliphatic carbocycles. The van der Waals surface area contributed by atoms with E-state index in [0.29, 0.717) is 12.6 Å². The fourth-order valence-electron chi connectivity index (χ4n) is 1.34. The minimum atomic E-state index is -0.334. The Balaban J connectivity index is 1.94. The Labute approximate surface area is 81.5 Å². The van der Waals surface area contributed by atoms with E-state index in [-0.39, 0.29) is 12.0 Å². The van der Waals surface area contributed by atoms with Gasteiger partial charge in [-0.25, -0.2) is 9.97 Å². The number of aromatic nitrogens is 2. The minimum Gasteiger partial charge on any atom is -0.368 e. The lowest BCUT2D eigenvalue weighted by Crippen LogP contribution is -2.27. The zero-order chi connectivity index (χ0) is 9.80. The summed E-state index contributed by atoms with van der Waals surface area (Å²) in [6.45, 7) is 0.660. The fourth-order valence-corrected chi connectivity index (χ4v) is 1.34. The predicted octanol–water partition coefficient (Wildman–Crippen LogP) is 0.594. The molecule has 74 valence electrons. The molecule has 1 aromatic heterocycles. The second-order valence-corrected chi connectivity index (χ2v) is 3.06. The number of carbonyl (C=O) groups excluding carboxylic acids is 1. The van der Waals surface area contributed by atoms with Crippen LogP contribution in [0.4, 0.5) is 5.95 Å². The van der Waals surface area contributed by atoms with Crippen LogP contribution in [-0.2, 0) is 9.53 Å². The van der Waals surface area contributed by atoms with Gasteiger partial charge in [-0.1, -0.05) is 0 Å². The third kappa shape index (κ3) is 2.05. The molecule has 1 aliphatic heterocycles. The Morgan fingerprint density at radius 1 is 1.50 bits per heavy atom. The number of carbonyl (C=O) groups is 1. The van der Waals surface area contributed by atoms with Crippen molar-refractivity contribution in [1.29, 1.82) is 0 Å². The number of hydrogen-bond donors (Lipinski definition) is 1. The molecule has 0 saturated carbocycles. The van der Waals surface area contributed by atoms with Gasteiger partial charge in [0.15, 0.2) is 0 Å². The quantitative estimate of drug-likeness (QED) is 0.746. The highest BCUT2D eigenvalue weighted by Crippen LogP contribution is 2.13. The van der Waals surface area contributed by atoms with Crippen LogP contribution in [0.15, 0.2) is 18.5 Å². The average Bonchev–Trinajstić information content (AvgIpc) is 2.72. The molecular formula is C9H11N3O2. The molecule has 5 nitrogen and oxygen atoms in total. The fraction of sp³-hybridized carbons (Fsp3) is 0.444. The highest BCUT2D eigenvalue weighted by Gasteiger charge is 2.23. The van der Waals surface area contributed by atoms with Gasteiger partial charge in [0.2, 0.25) is 5.95 Å². The molecule has 2 heterocycles. The van der Waals surface area contributed by atoms with E-state index >= 15 is 0 Å². The van der Waals surface area contributed by atoms with Crippen molar-refractivity contribution in [2.45, 2.75) is 18.9 Å². The summed E-state index contributed by atoms with van der Waals surface area (Å²) in [6, 6.07) is 1.70. The van der Waals surface area contributed by atoms with Gasteiger partial charge in [-0.2, -0.15) is 0 Å². The first kappa shape index (κ1) is 9.08. The molecule has 1 saturated heterocycles. The van der Waals surface area contributed by atoms with Crippen LogP contribution in [0.2, 0.25) is 0 Å². The molecule has 14 heavy (non-hydrogen) atoms. The van der Waals surface area contributed by atoms with E-state index in [1.165, 1.54) is 0 Å². The van der Waals surface area contributed by atoms with Gasteiger partial charge in [0.25, 0.3) is 5.91 Å². The monoisotopic (exact) mass is 193 g/mol. The molecule has 2 rings (SSSR count). The molecular weight excluding hydrogens is 182 g/mol. The summed E-state index contributed by atoms with van der Waals surface area (Å²) < 4.78 is 5.22. The molecule has 5 heteroatoms. The van der Waals surface area contributed by atoms with Crippen LogP contribution in [0.25, 0.3) is 0 Å². The van der Waals surface area contributed by atoms with Gasteiger partial charge in [0.05, 0.1) is 0 Å². The Morgan fingerprint density at radius 2 is 2.29 bits per heavy atom. The van der Waals surface area contributed by atoms with E-state index < -0.39 is 0 Å². The maximum Gasteiger partial charge on any atom is 0.255 e. The number of nitrogens with one attached hydrogen (secondary N) is 1. The van der Waals surface area contributed by atoms with Crippen LogP contribution in [0, 0.1) is 0 Å². The van der Waals surface area contributed by atoms with Crippen molar-refractivity contribution < 1.29 is 9.53 Å². The van der Waals surface area contributed by atoms with Crippen molar-refractivity contribution in [2.75, 3.05) is 11.9 Å². The van der Waals surface area contributed by atoms with Gasteiger partial charge in [0.1, 0.15) is 6.10 Å². The number of rotatable bonds is 2. The van der Waals surface area contributed by atoms with Crippen LogP contribution in [0.3, 0.4) is 0 Å². The van der Waals surface area contributed by atoms with Crippen LogP contribution in [0.5, 0.6) is 0 Å². The van der Waals surface area contributed by atoms with Crippen LogP contribution in [0.1, 0.15) is 12.8 Å². The summed E-state index contributed by atoms with van der Waals surface area (Å²) in [5, 5.41) is 2.60. The Hall–Kier alpha value is -1.49. The molecule has 0 aromatic carbocycles. The van der Waals surface area contributed by atoms with Crippen LogP contribution < -0.4 is 5.32 Å². The van der Waals surface area contributed by atoms with Gasteiger partial charge >= 0.3 is 0 Å². The van der Waals surface area contributed by atoms with Crippen molar-refractivity contribution in [3.63, 3.8) is 0 Å². The molecule has 0 radical (unpaired) electrons. The second kappa shape index (κ2) is 4.15. The number of hydrogen-bond acceptors (Lipinski definition) is 4. The first-order valence-electron chi connectivity index (χ1n) is 4.56. The van der Waals surface area contributed by atoms with Crippen molar-refractivity contribution >= 4 is 11.9 Å². The number of nitrogens with zero attached hydrogens (tertiary/aromatic N) is 2. The minimum absolute atomic E-state index is 0.159. The summed E-state index contributed by atoms with van der Waals surface area (Å²) in [5.74, 6) is 0.168. The van der Waals surface area contributed by atoms with E-state index in [0.717, 1.165) is 12.8 Å². The van der Waals surface area contributed by atoms with Crippen molar-refractivity contribution in [3.8, 4) is 0 Å². The summed E-state index contributed by atoms with van der Waals surface area (Å²) in [5.41, 5.74) is 0. The lowest BCUT2D eigenvalue weighted by Gasteiger charge is -2.08. The molecule has 0 bridgehead atoms. The third-order valence-electron chi connectivity index (χ3n) is 2.02. The average molecular weight is 193 g/mol. The number of amides is 1. The predicted molar refractivity (Wildman–Crippen MR) is 49.6 cm³/mol. The largest absolute Gasteiger partial charge is 0.368 e. The second-order valence-electron chi connectivity index (χ2n) is 3.06. The van der Waals surface area contributed by atoms with Crippen molar-refractivity contribution in [1.82, 2.24) is 9.97 Å². The molecule has 1 aromatic rings. The summed E-state index contributed by atoms with van der Waals surface area (Å²) in [4.78, 5) is 19.3. The van der Waals surface area contributed by atoms with Crippen LogP contribution >= 0.6 is 0 Å². The first-order valence-corrected chi connectivity index (χ1v) is 4.56. The lowest BCUT2D eigenvalue weighted by molar-refractivity contribution is -0.124. The molecule has 0 spiro atoms. The topological polar surface area (TPSA) is 64.1 Å². The van der Waals surface area contributed by atoms with Gasteiger partial charge in [-0.05, 0) is 18.9 Å². The number of anilines is 1. The highest BCUT2D eigenvalue weighted by atomic mass is 16.5. The van der Waals surface area contributed by atoms with Crippen molar-refractivity contribution in [2.24, 2.45) is 0 Å². The zero-order valence-corrected chi connectivity index (χ0v) is 7.64. The molecule has 1 amide bonds. The normalized spacial score (nSPS) is 20.7. The van der Waals surface area contributed by atoms with Crippen LogP contribution in [-0.4, -0.2) is 28.6 Å². The third-order valence-corrected chi connectivity index (χ3v) is 2.02. The molecule has 1 N–H and O–H groups in total. The SMILES string of the molecule is O=C(Nc1ncccn1)[C@@H]1CCCO1. The Morgan fingerprint density at radius 3 is 2.93 bits per heavy atom. The maximum absolute atomic E-state index is 11.5. The molecule has 1 atom stereocenters. The Bertz CT molecular complexity index is 309.